The predicted molar refractivity (Wildman–Crippen MR) is 37.1 cm³/mol. The Hall–Kier alpha value is -0.220. The maximum Gasteiger partial charge on any atom is 0.179 e. The van der Waals surface area contributed by atoms with Crippen LogP contribution in [0.15, 0.2) is 0 Å². The summed E-state index contributed by atoms with van der Waals surface area (Å²) in [4.78, 5) is 0. The van der Waals surface area contributed by atoms with Gasteiger partial charge in [0.2, 0.25) is 0 Å². The molecule has 2 nitrogen and oxygen atoms in total. The van der Waals surface area contributed by atoms with Crippen molar-refractivity contribution in [2.45, 2.75) is 13.2 Å². The Morgan fingerprint density at radius 1 is 1.60 bits per heavy atom. The van der Waals surface area contributed by atoms with Crippen LogP contribution in [0.5, 0.6) is 0 Å². The van der Waals surface area contributed by atoms with Crippen LogP contribution in [0.25, 0.3) is 0 Å². The Labute approximate surface area is 59.8 Å². The van der Waals surface area contributed by atoms with Gasteiger partial charge in [0, 0.05) is 6.54 Å². The molecule has 2 atom stereocenters. The van der Waals surface area contributed by atoms with Gasteiger partial charge >= 0.3 is 0 Å². The van der Waals surface area contributed by atoms with E-state index in [1.165, 1.54) is 0 Å². The van der Waals surface area contributed by atoms with Gasteiger partial charge in [-0.2, -0.15) is 0 Å². The summed E-state index contributed by atoms with van der Waals surface area (Å²) in [5.74, 6) is 0.199. The van der Waals surface area contributed by atoms with Crippen LogP contribution in [0.1, 0.15) is 6.92 Å². The molecule has 0 aliphatic carbocycles. The Balaban J connectivity index is 3.17. The van der Waals surface area contributed by atoms with Crippen molar-refractivity contribution in [3.8, 4) is 0 Å². The minimum Gasteiger partial charge on any atom is -0.330 e. The van der Waals surface area contributed by atoms with E-state index in [0.29, 0.717) is 13.1 Å². The van der Waals surface area contributed by atoms with Crippen molar-refractivity contribution in [1.82, 2.24) is 5.32 Å². The molecule has 0 aromatic heterocycles. The molecule has 62 valence electrons. The highest BCUT2D eigenvalue weighted by Crippen LogP contribution is 1.91. The maximum absolute atomic E-state index is 12.1. The molecule has 3 N–H and O–H groups in total. The van der Waals surface area contributed by atoms with Gasteiger partial charge in [-0.15, -0.1) is 0 Å². The van der Waals surface area contributed by atoms with Crippen LogP contribution in [-0.2, 0) is 0 Å². The summed E-state index contributed by atoms with van der Waals surface area (Å²) in [5.41, 5.74) is 5.24. The average Bonchev–Trinajstić information content (AvgIpc) is 1.99. The third kappa shape index (κ3) is 4.64. The highest BCUT2D eigenvalue weighted by molar-refractivity contribution is 4.58. The fraction of sp³-hybridized carbons (Fsp3) is 1.00. The summed E-state index contributed by atoms with van der Waals surface area (Å²) in [7, 11) is 0. The van der Waals surface area contributed by atoms with Gasteiger partial charge < -0.3 is 5.73 Å². The van der Waals surface area contributed by atoms with E-state index in [4.69, 9.17) is 5.73 Å². The fourth-order valence-electron chi connectivity index (χ4n) is 0.467. The monoisotopic (exact) mass is 152 g/mol. The molecule has 0 fully saturated rings. The lowest BCUT2D eigenvalue weighted by atomic mass is 10.2. The molecule has 0 rings (SSSR count). The highest BCUT2D eigenvalue weighted by Gasteiger charge is 2.05. The molecule has 0 amide bonds. The van der Waals surface area contributed by atoms with Crippen molar-refractivity contribution in [2.24, 2.45) is 11.7 Å². The number of hydrogen-bond acceptors (Lipinski definition) is 2. The Bertz CT molecular complexity index is 70.1. The van der Waals surface area contributed by atoms with Gasteiger partial charge in [-0.05, 0) is 12.5 Å². The number of nitrogens with two attached hydrogens (primary N) is 1. The smallest absolute Gasteiger partial charge is 0.179 e. The highest BCUT2D eigenvalue weighted by atomic mass is 19.2. The first-order chi connectivity index (χ1) is 4.70. The second kappa shape index (κ2) is 5.56. The maximum atomic E-state index is 12.1. The lowest BCUT2D eigenvalue weighted by Gasteiger charge is -2.10. The third-order valence-electron chi connectivity index (χ3n) is 1.23. The standard InChI is InChI=1S/C6H14F2N2/c1-5(3-9)4-10-6(8)2-7/h5-6,10H,2-4,9H2,1H3/t5-,6?/m1/s1. The molecule has 0 aromatic rings. The molecule has 0 bridgehead atoms. The molecular weight excluding hydrogens is 138 g/mol. The molecule has 4 heteroatoms. The van der Waals surface area contributed by atoms with E-state index < -0.39 is 13.0 Å². The van der Waals surface area contributed by atoms with Crippen LogP contribution in [0.4, 0.5) is 8.78 Å². The molecule has 0 heterocycles. The lowest BCUT2D eigenvalue weighted by Crippen LogP contribution is -2.33. The number of nitrogens with one attached hydrogen (secondary N) is 1. The molecule has 0 spiro atoms. The summed E-state index contributed by atoms with van der Waals surface area (Å²) in [6.07, 6.45) is -1.53. The summed E-state index contributed by atoms with van der Waals surface area (Å²) in [6, 6.07) is 0. The van der Waals surface area contributed by atoms with E-state index in [2.05, 4.69) is 5.32 Å². The first kappa shape index (κ1) is 9.78. The van der Waals surface area contributed by atoms with Crippen molar-refractivity contribution >= 4 is 0 Å². The van der Waals surface area contributed by atoms with E-state index in [-0.39, 0.29) is 5.92 Å². The quantitative estimate of drug-likeness (QED) is 0.561. The number of halogens is 2. The van der Waals surface area contributed by atoms with E-state index >= 15 is 0 Å². The lowest BCUT2D eigenvalue weighted by molar-refractivity contribution is 0.209. The predicted octanol–water partition coefficient (Wildman–Crippen LogP) is 0.436. The topological polar surface area (TPSA) is 38.0 Å². The summed E-state index contributed by atoms with van der Waals surface area (Å²) in [5, 5.41) is 2.36. The molecule has 10 heavy (non-hydrogen) atoms. The molecule has 0 radical (unpaired) electrons. The summed E-state index contributed by atoms with van der Waals surface area (Å²) < 4.78 is 23.6. The molecular formula is C6H14F2N2. The van der Waals surface area contributed by atoms with Gasteiger partial charge in [0.15, 0.2) is 6.30 Å². The van der Waals surface area contributed by atoms with Crippen LogP contribution in [0.2, 0.25) is 0 Å². The average molecular weight is 152 g/mol. The van der Waals surface area contributed by atoms with Gasteiger partial charge in [0.25, 0.3) is 0 Å². The minimum atomic E-state index is -1.53. The zero-order valence-corrected chi connectivity index (χ0v) is 6.11. The summed E-state index contributed by atoms with van der Waals surface area (Å²) in [6.45, 7) is 1.82. The molecule has 0 saturated carbocycles. The number of rotatable bonds is 5. The molecule has 0 aromatic carbocycles. The Morgan fingerprint density at radius 3 is 2.60 bits per heavy atom. The number of hydrogen-bond donors (Lipinski definition) is 2. The van der Waals surface area contributed by atoms with Crippen molar-refractivity contribution < 1.29 is 8.78 Å². The van der Waals surface area contributed by atoms with Crippen LogP contribution < -0.4 is 11.1 Å². The Morgan fingerprint density at radius 2 is 2.20 bits per heavy atom. The fourth-order valence-corrected chi connectivity index (χ4v) is 0.467. The van der Waals surface area contributed by atoms with Gasteiger partial charge in [0.1, 0.15) is 6.67 Å². The molecule has 0 aliphatic rings. The van der Waals surface area contributed by atoms with E-state index in [9.17, 15) is 8.78 Å². The first-order valence-corrected chi connectivity index (χ1v) is 3.34. The van der Waals surface area contributed by atoms with Crippen LogP contribution in [0.3, 0.4) is 0 Å². The normalized spacial score (nSPS) is 16.8. The molecule has 0 saturated heterocycles. The minimum absolute atomic E-state index is 0.199. The number of alkyl halides is 2. The van der Waals surface area contributed by atoms with Crippen molar-refractivity contribution in [3.63, 3.8) is 0 Å². The van der Waals surface area contributed by atoms with Crippen molar-refractivity contribution in [3.05, 3.63) is 0 Å². The second-order valence-electron chi connectivity index (χ2n) is 2.37. The van der Waals surface area contributed by atoms with Crippen molar-refractivity contribution in [1.29, 1.82) is 0 Å². The largest absolute Gasteiger partial charge is 0.330 e. The zero-order chi connectivity index (χ0) is 7.98. The molecule has 1 unspecified atom stereocenters. The van der Waals surface area contributed by atoms with Gasteiger partial charge in [-0.1, -0.05) is 6.92 Å². The van der Waals surface area contributed by atoms with Crippen LogP contribution in [-0.4, -0.2) is 26.1 Å². The van der Waals surface area contributed by atoms with E-state index in [0.717, 1.165) is 0 Å². The molecule has 0 aliphatic heterocycles. The first-order valence-electron chi connectivity index (χ1n) is 3.34. The van der Waals surface area contributed by atoms with Crippen molar-refractivity contribution in [2.75, 3.05) is 19.8 Å². The van der Waals surface area contributed by atoms with Gasteiger partial charge in [-0.25, -0.2) is 8.78 Å². The Kier molecular flexibility index (Phi) is 5.43. The second-order valence-corrected chi connectivity index (χ2v) is 2.37. The zero-order valence-electron chi connectivity index (χ0n) is 6.11. The van der Waals surface area contributed by atoms with Crippen LogP contribution in [0, 0.1) is 5.92 Å². The van der Waals surface area contributed by atoms with Crippen LogP contribution >= 0.6 is 0 Å². The van der Waals surface area contributed by atoms with Gasteiger partial charge in [0.05, 0.1) is 0 Å². The third-order valence-corrected chi connectivity index (χ3v) is 1.23. The SMILES string of the molecule is C[C@H](CN)CNC(F)CF. The van der Waals surface area contributed by atoms with E-state index in [1.807, 2.05) is 6.92 Å². The summed E-state index contributed by atoms with van der Waals surface area (Å²) >= 11 is 0. The van der Waals surface area contributed by atoms with E-state index in [1.54, 1.807) is 0 Å². The van der Waals surface area contributed by atoms with Gasteiger partial charge in [-0.3, -0.25) is 5.32 Å².